The summed E-state index contributed by atoms with van der Waals surface area (Å²) in [5, 5.41) is 0. The lowest BCUT2D eigenvalue weighted by Crippen LogP contribution is -1.99. The van der Waals surface area contributed by atoms with Crippen LogP contribution in [0.15, 0.2) is 121 Å². The molecule has 4 heteroatoms. The average Bonchev–Trinajstić information content (AvgIpc) is 3.35. The van der Waals surface area contributed by atoms with Crippen molar-refractivity contribution in [2.24, 2.45) is 0 Å². The first-order valence-corrected chi connectivity index (χ1v) is 12.7. The first-order valence-electron chi connectivity index (χ1n) is 11.9. The van der Waals surface area contributed by atoms with Crippen molar-refractivity contribution >= 4 is 11.3 Å². The van der Waals surface area contributed by atoms with Crippen LogP contribution in [0.3, 0.4) is 0 Å². The van der Waals surface area contributed by atoms with Gasteiger partial charge in [-0.3, -0.25) is 0 Å². The maximum atomic E-state index is 4.92. The van der Waals surface area contributed by atoms with Gasteiger partial charge in [0.1, 0.15) is 0 Å². The van der Waals surface area contributed by atoms with Crippen molar-refractivity contribution in [1.82, 2.24) is 15.0 Å². The van der Waals surface area contributed by atoms with Gasteiger partial charge in [0.15, 0.2) is 17.5 Å². The molecule has 0 radical (unpaired) electrons. The quantitative estimate of drug-likeness (QED) is 0.247. The van der Waals surface area contributed by atoms with Gasteiger partial charge in [0.05, 0.1) is 4.88 Å². The van der Waals surface area contributed by atoms with Crippen molar-refractivity contribution in [3.8, 4) is 55.7 Å². The van der Waals surface area contributed by atoms with Crippen LogP contribution in [0.1, 0.15) is 4.88 Å². The molecular formula is C32H23N3S. The van der Waals surface area contributed by atoms with E-state index in [1.54, 1.807) is 11.3 Å². The zero-order chi connectivity index (χ0) is 24.3. The summed E-state index contributed by atoms with van der Waals surface area (Å²) in [5.74, 6) is 2.05. The molecule has 0 unspecified atom stereocenters. The summed E-state index contributed by atoms with van der Waals surface area (Å²) in [6, 6.07) is 41.5. The minimum absolute atomic E-state index is 0.678. The van der Waals surface area contributed by atoms with Crippen LogP contribution in [0.2, 0.25) is 0 Å². The SMILES string of the molecule is Cc1sc(-c2nc(-c3ccccc3)nc(-c3ccccc3)n2)cc1-c1ccccc1-c1ccccc1. The number of nitrogens with zero attached hydrogens (tertiary/aromatic N) is 3. The van der Waals surface area contributed by atoms with Crippen molar-refractivity contribution in [1.29, 1.82) is 0 Å². The predicted octanol–water partition coefficient (Wildman–Crippen LogP) is 8.58. The van der Waals surface area contributed by atoms with Crippen molar-refractivity contribution in [2.45, 2.75) is 6.92 Å². The normalized spacial score (nSPS) is 10.9. The van der Waals surface area contributed by atoms with E-state index in [1.807, 2.05) is 60.7 Å². The van der Waals surface area contributed by atoms with Gasteiger partial charge in [0, 0.05) is 16.0 Å². The van der Waals surface area contributed by atoms with Gasteiger partial charge in [-0.25, -0.2) is 15.0 Å². The van der Waals surface area contributed by atoms with Crippen LogP contribution in [-0.2, 0) is 0 Å². The number of aromatic nitrogens is 3. The van der Waals surface area contributed by atoms with Crippen LogP contribution < -0.4 is 0 Å². The van der Waals surface area contributed by atoms with E-state index in [4.69, 9.17) is 15.0 Å². The number of aryl methyl sites for hydroxylation is 1. The third kappa shape index (κ3) is 4.35. The van der Waals surface area contributed by atoms with Gasteiger partial charge in [-0.1, -0.05) is 115 Å². The molecule has 0 amide bonds. The highest BCUT2D eigenvalue weighted by molar-refractivity contribution is 7.15. The molecular weight excluding hydrogens is 458 g/mol. The molecule has 6 rings (SSSR count). The number of hydrogen-bond acceptors (Lipinski definition) is 4. The van der Waals surface area contributed by atoms with E-state index in [0.717, 1.165) is 16.0 Å². The zero-order valence-corrected chi connectivity index (χ0v) is 20.6. The van der Waals surface area contributed by atoms with E-state index in [0.29, 0.717) is 17.5 Å². The zero-order valence-electron chi connectivity index (χ0n) is 19.8. The summed E-state index contributed by atoms with van der Waals surface area (Å²) < 4.78 is 0. The lowest BCUT2D eigenvalue weighted by molar-refractivity contribution is 1.08. The van der Waals surface area contributed by atoms with Crippen molar-refractivity contribution in [3.63, 3.8) is 0 Å². The van der Waals surface area contributed by atoms with Crippen LogP contribution >= 0.6 is 11.3 Å². The Hall–Kier alpha value is -4.41. The lowest BCUT2D eigenvalue weighted by Gasteiger charge is -2.09. The van der Waals surface area contributed by atoms with Gasteiger partial charge in [-0.05, 0) is 35.2 Å². The van der Waals surface area contributed by atoms with E-state index >= 15 is 0 Å². The number of hydrogen-bond donors (Lipinski definition) is 0. The maximum absolute atomic E-state index is 4.92. The van der Waals surface area contributed by atoms with Crippen molar-refractivity contribution in [2.75, 3.05) is 0 Å². The largest absolute Gasteiger partial charge is 0.208 e. The number of benzene rings is 4. The van der Waals surface area contributed by atoms with Gasteiger partial charge in [-0.2, -0.15) is 0 Å². The molecule has 0 fully saturated rings. The fraction of sp³-hybridized carbons (Fsp3) is 0.0312. The third-order valence-electron chi connectivity index (χ3n) is 6.14. The Balaban J connectivity index is 1.50. The van der Waals surface area contributed by atoms with E-state index in [9.17, 15) is 0 Å². The minimum atomic E-state index is 0.678. The second-order valence-electron chi connectivity index (χ2n) is 8.53. The molecule has 0 saturated carbocycles. The van der Waals surface area contributed by atoms with Crippen molar-refractivity contribution in [3.05, 3.63) is 126 Å². The van der Waals surface area contributed by atoms with Crippen LogP contribution in [0.5, 0.6) is 0 Å². The maximum Gasteiger partial charge on any atom is 0.174 e. The second-order valence-corrected chi connectivity index (χ2v) is 9.79. The Morgan fingerprint density at radius 1 is 0.444 bits per heavy atom. The Morgan fingerprint density at radius 2 is 0.889 bits per heavy atom. The fourth-order valence-electron chi connectivity index (χ4n) is 4.37. The standard InChI is InChI=1S/C32H23N3S/c1-22-28(27-20-12-11-19-26(27)23-13-5-2-6-14-23)21-29(36-22)32-34-30(24-15-7-3-8-16-24)33-31(35-32)25-17-9-4-10-18-25/h2-21H,1H3. The fourth-order valence-corrected chi connectivity index (χ4v) is 5.33. The van der Waals surface area contributed by atoms with Gasteiger partial charge in [0.25, 0.3) is 0 Å². The monoisotopic (exact) mass is 481 g/mol. The molecule has 0 spiro atoms. The Kier molecular flexibility index (Phi) is 5.94. The smallest absolute Gasteiger partial charge is 0.174 e. The summed E-state index contributed by atoms with van der Waals surface area (Å²) in [6.45, 7) is 2.17. The molecule has 2 heterocycles. The number of thiophene rings is 1. The molecule has 4 aromatic carbocycles. The van der Waals surface area contributed by atoms with E-state index in [2.05, 4.69) is 67.6 Å². The molecule has 0 atom stereocenters. The second kappa shape index (κ2) is 9.68. The molecule has 3 nitrogen and oxygen atoms in total. The topological polar surface area (TPSA) is 38.7 Å². The summed E-state index contributed by atoms with van der Waals surface area (Å²) in [6.07, 6.45) is 0. The summed E-state index contributed by atoms with van der Waals surface area (Å²) >= 11 is 1.72. The summed E-state index contributed by atoms with van der Waals surface area (Å²) in [5.41, 5.74) is 6.79. The van der Waals surface area contributed by atoms with Crippen LogP contribution in [-0.4, -0.2) is 15.0 Å². The van der Waals surface area contributed by atoms with E-state index in [1.165, 1.54) is 27.1 Å². The Labute approximate surface area is 214 Å². The molecule has 0 N–H and O–H groups in total. The molecule has 0 aliphatic carbocycles. The Bertz CT molecular complexity index is 1570. The predicted molar refractivity (Wildman–Crippen MR) is 150 cm³/mol. The third-order valence-corrected chi connectivity index (χ3v) is 7.19. The molecule has 0 aliphatic heterocycles. The Morgan fingerprint density at radius 3 is 1.44 bits per heavy atom. The van der Waals surface area contributed by atoms with Gasteiger partial charge < -0.3 is 0 Å². The molecule has 0 saturated heterocycles. The lowest BCUT2D eigenvalue weighted by atomic mass is 9.95. The molecule has 36 heavy (non-hydrogen) atoms. The van der Waals surface area contributed by atoms with Gasteiger partial charge in [0.2, 0.25) is 0 Å². The minimum Gasteiger partial charge on any atom is -0.208 e. The number of rotatable bonds is 5. The van der Waals surface area contributed by atoms with Crippen molar-refractivity contribution < 1.29 is 0 Å². The molecule has 0 aliphatic rings. The summed E-state index contributed by atoms with van der Waals surface area (Å²) in [7, 11) is 0. The van der Waals surface area contributed by atoms with E-state index in [-0.39, 0.29) is 0 Å². The van der Waals surface area contributed by atoms with Crippen LogP contribution in [0.25, 0.3) is 55.7 Å². The highest BCUT2D eigenvalue weighted by Crippen LogP contribution is 2.40. The average molecular weight is 482 g/mol. The molecule has 172 valence electrons. The van der Waals surface area contributed by atoms with Gasteiger partial charge >= 0.3 is 0 Å². The molecule has 2 aromatic heterocycles. The summed E-state index contributed by atoms with van der Waals surface area (Å²) in [4.78, 5) is 16.9. The first kappa shape index (κ1) is 22.1. The van der Waals surface area contributed by atoms with Gasteiger partial charge in [-0.15, -0.1) is 11.3 Å². The molecule has 0 bridgehead atoms. The molecule has 6 aromatic rings. The highest BCUT2D eigenvalue weighted by atomic mass is 32.1. The first-order chi connectivity index (χ1) is 17.8. The highest BCUT2D eigenvalue weighted by Gasteiger charge is 2.17. The van der Waals surface area contributed by atoms with Crippen LogP contribution in [0.4, 0.5) is 0 Å². The van der Waals surface area contributed by atoms with Crippen LogP contribution in [0, 0.1) is 6.92 Å². The van der Waals surface area contributed by atoms with E-state index < -0.39 is 0 Å².